The van der Waals surface area contributed by atoms with Gasteiger partial charge in [-0.2, -0.15) is 0 Å². The molecule has 1 aromatic heterocycles. The molecule has 0 unspecified atom stereocenters. The summed E-state index contributed by atoms with van der Waals surface area (Å²) < 4.78 is 0. The summed E-state index contributed by atoms with van der Waals surface area (Å²) in [5.41, 5.74) is 1.73. The minimum atomic E-state index is -0.0730. The van der Waals surface area contributed by atoms with Crippen molar-refractivity contribution < 1.29 is 4.79 Å². The molecule has 1 saturated heterocycles. The summed E-state index contributed by atoms with van der Waals surface area (Å²) in [5, 5.41) is 2.91. The van der Waals surface area contributed by atoms with E-state index < -0.39 is 0 Å². The highest BCUT2D eigenvalue weighted by Gasteiger charge is 2.23. The fraction of sp³-hybridized carbons (Fsp3) is 0.600. The van der Waals surface area contributed by atoms with Crippen LogP contribution in [0.5, 0.6) is 0 Å². The quantitative estimate of drug-likeness (QED) is 0.904. The zero-order chi connectivity index (χ0) is 13.8. The Morgan fingerprint density at radius 2 is 2.37 bits per heavy atom. The highest BCUT2D eigenvalue weighted by atomic mass is 16.1. The molecule has 2 rings (SSSR count). The molecule has 1 amide bonds. The van der Waals surface area contributed by atoms with Crippen molar-refractivity contribution >= 4 is 5.91 Å². The number of aromatic nitrogens is 1. The molecule has 0 aliphatic carbocycles. The molecule has 1 aliphatic heterocycles. The molecular formula is C15H23N3O. The van der Waals surface area contributed by atoms with Crippen LogP contribution < -0.4 is 5.32 Å². The van der Waals surface area contributed by atoms with E-state index in [0.717, 1.165) is 13.0 Å². The number of hydrogen-bond donors (Lipinski definition) is 1. The minimum absolute atomic E-state index is 0.0730. The van der Waals surface area contributed by atoms with E-state index in [1.165, 1.54) is 12.0 Å². The van der Waals surface area contributed by atoms with Gasteiger partial charge in [0.25, 0.3) is 5.91 Å². The lowest BCUT2D eigenvalue weighted by atomic mass is 10.0. The average Bonchev–Trinajstić information content (AvgIpc) is 2.82. The molecule has 104 valence electrons. The van der Waals surface area contributed by atoms with Crippen molar-refractivity contribution in [1.29, 1.82) is 0 Å². The summed E-state index contributed by atoms with van der Waals surface area (Å²) in [6.45, 7) is 5.98. The highest BCUT2D eigenvalue weighted by Crippen LogP contribution is 2.30. The number of rotatable bonds is 4. The molecule has 0 saturated carbocycles. The maximum Gasteiger partial charge on any atom is 0.269 e. The molecule has 1 aliphatic rings. The molecule has 1 fully saturated rings. The van der Waals surface area contributed by atoms with Crippen LogP contribution in [-0.4, -0.2) is 35.9 Å². The van der Waals surface area contributed by atoms with Crippen LogP contribution in [0.1, 0.15) is 48.8 Å². The van der Waals surface area contributed by atoms with E-state index in [9.17, 15) is 4.79 Å². The summed E-state index contributed by atoms with van der Waals surface area (Å²) in [5.74, 6) is 0.379. The molecule has 0 bridgehead atoms. The Balaban J connectivity index is 2.08. The Morgan fingerprint density at radius 3 is 3.00 bits per heavy atom. The number of nitrogens with zero attached hydrogens (tertiary/aromatic N) is 2. The van der Waals surface area contributed by atoms with Gasteiger partial charge >= 0.3 is 0 Å². The SMILES string of the molecule is CC(C)CNC(=O)c1cc([C@@H]2CCCN2C)ccn1. The lowest BCUT2D eigenvalue weighted by Gasteiger charge is -2.20. The first-order valence-electron chi connectivity index (χ1n) is 7.02. The van der Waals surface area contributed by atoms with Gasteiger partial charge < -0.3 is 5.32 Å². The van der Waals surface area contributed by atoms with Crippen molar-refractivity contribution in [3.8, 4) is 0 Å². The normalized spacial score (nSPS) is 19.9. The van der Waals surface area contributed by atoms with Gasteiger partial charge in [-0.25, -0.2) is 0 Å². The zero-order valence-corrected chi connectivity index (χ0v) is 12.0. The number of nitrogens with one attached hydrogen (secondary N) is 1. The second-order valence-corrected chi connectivity index (χ2v) is 5.72. The first-order chi connectivity index (χ1) is 9.08. The number of pyridine rings is 1. The van der Waals surface area contributed by atoms with Gasteiger partial charge in [0.05, 0.1) is 0 Å². The molecule has 4 nitrogen and oxygen atoms in total. The zero-order valence-electron chi connectivity index (χ0n) is 12.0. The van der Waals surface area contributed by atoms with Gasteiger partial charge in [-0.3, -0.25) is 14.7 Å². The van der Waals surface area contributed by atoms with E-state index >= 15 is 0 Å². The Labute approximate surface area is 115 Å². The third-order valence-electron chi connectivity index (χ3n) is 3.59. The van der Waals surface area contributed by atoms with Gasteiger partial charge in [0, 0.05) is 18.8 Å². The summed E-state index contributed by atoms with van der Waals surface area (Å²) >= 11 is 0. The van der Waals surface area contributed by atoms with Gasteiger partial charge in [0.2, 0.25) is 0 Å². The van der Waals surface area contributed by atoms with Crippen LogP contribution in [-0.2, 0) is 0 Å². The van der Waals surface area contributed by atoms with Crippen LogP contribution in [0.2, 0.25) is 0 Å². The fourth-order valence-corrected chi connectivity index (χ4v) is 2.50. The van der Waals surface area contributed by atoms with Crippen LogP contribution in [0.4, 0.5) is 0 Å². The molecule has 1 N–H and O–H groups in total. The maximum absolute atomic E-state index is 12.0. The Kier molecular flexibility index (Phi) is 4.53. The second-order valence-electron chi connectivity index (χ2n) is 5.72. The standard InChI is InChI=1S/C15H23N3O/c1-11(2)10-17-15(19)13-9-12(6-7-16-13)14-5-4-8-18(14)3/h6-7,9,11,14H,4-5,8,10H2,1-3H3,(H,17,19)/t14-/m0/s1. The van der Waals surface area contributed by atoms with E-state index in [1.807, 2.05) is 12.1 Å². The maximum atomic E-state index is 12.0. The number of likely N-dealkylation sites (tertiary alicyclic amines) is 1. The van der Waals surface area contributed by atoms with Gasteiger partial charge in [-0.05, 0) is 50.0 Å². The van der Waals surface area contributed by atoms with Gasteiger partial charge in [0.15, 0.2) is 0 Å². The van der Waals surface area contributed by atoms with Gasteiger partial charge in [-0.15, -0.1) is 0 Å². The first-order valence-corrected chi connectivity index (χ1v) is 7.02. The molecule has 1 atom stereocenters. The molecule has 0 radical (unpaired) electrons. The topological polar surface area (TPSA) is 45.2 Å². The smallest absolute Gasteiger partial charge is 0.269 e. The lowest BCUT2D eigenvalue weighted by Crippen LogP contribution is -2.28. The third-order valence-corrected chi connectivity index (χ3v) is 3.59. The highest BCUT2D eigenvalue weighted by molar-refractivity contribution is 5.92. The molecule has 2 heterocycles. The van der Waals surface area contributed by atoms with Crippen molar-refractivity contribution in [2.24, 2.45) is 5.92 Å². The van der Waals surface area contributed by atoms with E-state index in [2.05, 4.69) is 36.1 Å². The number of amides is 1. The average molecular weight is 261 g/mol. The molecular weight excluding hydrogens is 238 g/mol. The van der Waals surface area contributed by atoms with E-state index in [-0.39, 0.29) is 5.91 Å². The van der Waals surface area contributed by atoms with E-state index in [4.69, 9.17) is 0 Å². The van der Waals surface area contributed by atoms with Crippen molar-refractivity contribution in [2.75, 3.05) is 20.1 Å². The molecule has 4 heteroatoms. The Hall–Kier alpha value is -1.42. The van der Waals surface area contributed by atoms with Crippen LogP contribution in [0.25, 0.3) is 0 Å². The van der Waals surface area contributed by atoms with Crippen molar-refractivity contribution in [1.82, 2.24) is 15.2 Å². The third kappa shape index (κ3) is 3.53. The van der Waals surface area contributed by atoms with Crippen molar-refractivity contribution in [3.63, 3.8) is 0 Å². The number of hydrogen-bond acceptors (Lipinski definition) is 3. The monoisotopic (exact) mass is 261 g/mol. The Morgan fingerprint density at radius 1 is 1.58 bits per heavy atom. The molecule has 0 aromatic carbocycles. The summed E-state index contributed by atoms with van der Waals surface area (Å²) in [4.78, 5) is 18.5. The van der Waals surface area contributed by atoms with Crippen LogP contribution in [0.3, 0.4) is 0 Å². The van der Waals surface area contributed by atoms with Gasteiger partial charge in [-0.1, -0.05) is 13.8 Å². The fourth-order valence-electron chi connectivity index (χ4n) is 2.50. The first kappa shape index (κ1) is 14.0. The molecule has 0 spiro atoms. The lowest BCUT2D eigenvalue weighted by molar-refractivity contribution is 0.0944. The summed E-state index contributed by atoms with van der Waals surface area (Å²) in [7, 11) is 2.14. The van der Waals surface area contributed by atoms with Crippen LogP contribution in [0.15, 0.2) is 18.3 Å². The summed E-state index contributed by atoms with van der Waals surface area (Å²) in [6, 6.07) is 4.38. The number of carbonyl (C=O) groups excluding carboxylic acids is 1. The number of carbonyl (C=O) groups is 1. The van der Waals surface area contributed by atoms with Crippen molar-refractivity contribution in [3.05, 3.63) is 29.6 Å². The summed E-state index contributed by atoms with van der Waals surface area (Å²) in [6.07, 6.45) is 4.12. The van der Waals surface area contributed by atoms with E-state index in [1.54, 1.807) is 6.20 Å². The van der Waals surface area contributed by atoms with Crippen molar-refractivity contribution in [2.45, 2.75) is 32.7 Å². The predicted octanol–water partition coefficient (Wildman–Crippen LogP) is 2.23. The predicted molar refractivity (Wildman–Crippen MR) is 76.0 cm³/mol. The van der Waals surface area contributed by atoms with Crippen LogP contribution in [0, 0.1) is 5.92 Å². The largest absolute Gasteiger partial charge is 0.350 e. The molecule has 1 aromatic rings. The molecule has 19 heavy (non-hydrogen) atoms. The van der Waals surface area contributed by atoms with E-state index in [0.29, 0.717) is 24.2 Å². The second kappa shape index (κ2) is 6.15. The van der Waals surface area contributed by atoms with Crippen LogP contribution >= 0.6 is 0 Å². The van der Waals surface area contributed by atoms with Gasteiger partial charge in [0.1, 0.15) is 5.69 Å². The Bertz CT molecular complexity index is 445. The minimum Gasteiger partial charge on any atom is -0.350 e.